The first-order chi connectivity index (χ1) is 11.1. The first kappa shape index (κ1) is 14.0. The lowest BCUT2D eigenvalue weighted by molar-refractivity contribution is 0.104. The van der Waals surface area contributed by atoms with Crippen molar-refractivity contribution in [2.75, 3.05) is 6.79 Å². The molecule has 0 N–H and O–H groups in total. The van der Waals surface area contributed by atoms with Gasteiger partial charge in [-0.25, -0.2) is 4.98 Å². The third kappa shape index (κ3) is 2.41. The average Bonchev–Trinajstić information content (AvgIpc) is 3.19. The number of imidazole rings is 1. The highest BCUT2D eigenvalue weighted by molar-refractivity contribution is 7.17. The van der Waals surface area contributed by atoms with Crippen LogP contribution in [0.25, 0.3) is 11.0 Å². The van der Waals surface area contributed by atoms with Crippen LogP contribution in [-0.2, 0) is 0 Å². The molecule has 0 fully saturated rings. The predicted molar refractivity (Wildman–Crippen MR) is 88.5 cm³/mol. The van der Waals surface area contributed by atoms with Crippen molar-refractivity contribution in [3.05, 3.63) is 52.3 Å². The molecular weight excluding hydrogens is 312 g/mol. The molecule has 0 atom stereocenters. The number of carbonyl (C=O) groups excluding carboxylic acids is 1. The van der Waals surface area contributed by atoms with Gasteiger partial charge in [0, 0.05) is 16.6 Å². The lowest BCUT2D eigenvalue weighted by Gasteiger charge is -1.99. The van der Waals surface area contributed by atoms with Crippen molar-refractivity contribution in [3.63, 3.8) is 0 Å². The van der Waals surface area contributed by atoms with Crippen LogP contribution < -0.4 is 9.47 Å². The average molecular weight is 326 g/mol. The summed E-state index contributed by atoms with van der Waals surface area (Å²) >= 11 is 1.63. The summed E-state index contributed by atoms with van der Waals surface area (Å²) in [6.45, 7) is 4.19. The zero-order chi connectivity index (χ0) is 16.0. The Morgan fingerprint density at radius 3 is 3.00 bits per heavy atom. The molecule has 0 aliphatic carbocycles. The number of hydrogen-bond acceptors (Lipinski definition) is 5. The third-order valence-electron chi connectivity index (χ3n) is 3.71. The molecule has 3 aromatic rings. The summed E-state index contributed by atoms with van der Waals surface area (Å²) in [5.41, 5.74) is 2.41. The van der Waals surface area contributed by atoms with Crippen LogP contribution in [-0.4, -0.2) is 22.0 Å². The minimum absolute atomic E-state index is 0.0791. The van der Waals surface area contributed by atoms with Gasteiger partial charge in [0.15, 0.2) is 22.2 Å². The first-order valence-electron chi connectivity index (χ1n) is 7.19. The summed E-state index contributed by atoms with van der Waals surface area (Å²) in [6.07, 6.45) is 5.42. The molecule has 3 heterocycles. The van der Waals surface area contributed by atoms with Crippen molar-refractivity contribution in [3.8, 4) is 11.5 Å². The molecule has 4 rings (SSSR count). The van der Waals surface area contributed by atoms with Crippen LogP contribution in [0.15, 0.2) is 30.5 Å². The maximum absolute atomic E-state index is 12.4. The Kier molecular flexibility index (Phi) is 3.20. The van der Waals surface area contributed by atoms with Gasteiger partial charge in [-0.15, -0.1) is 11.3 Å². The second kappa shape index (κ2) is 5.24. The maximum atomic E-state index is 12.4. The molecule has 0 unspecified atom stereocenters. The molecule has 116 valence electrons. The second-order valence-electron chi connectivity index (χ2n) is 5.34. The number of ether oxygens (including phenoxy) is 2. The molecule has 0 amide bonds. The van der Waals surface area contributed by atoms with E-state index in [9.17, 15) is 4.79 Å². The number of allylic oxidation sites excluding steroid dienone is 1. The van der Waals surface area contributed by atoms with E-state index in [-0.39, 0.29) is 12.6 Å². The lowest BCUT2D eigenvalue weighted by Crippen LogP contribution is -1.95. The van der Waals surface area contributed by atoms with Crippen molar-refractivity contribution in [2.24, 2.45) is 0 Å². The Morgan fingerprint density at radius 2 is 2.13 bits per heavy atom. The van der Waals surface area contributed by atoms with Crippen molar-refractivity contribution in [2.45, 2.75) is 13.8 Å². The van der Waals surface area contributed by atoms with Crippen LogP contribution in [0.5, 0.6) is 11.5 Å². The van der Waals surface area contributed by atoms with E-state index in [0.29, 0.717) is 17.1 Å². The highest BCUT2D eigenvalue weighted by Crippen LogP contribution is 2.32. The Labute approximate surface area is 136 Å². The zero-order valence-electron chi connectivity index (χ0n) is 12.7. The smallest absolute Gasteiger partial charge is 0.231 e. The quantitative estimate of drug-likeness (QED) is 0.545. The summed E-state index contributed by atoms with van der Waals surface area (Å²) in [5.74, 6) is 1.21. The van der Waals surface area contributed by atoms with Gasteiger partial charge in [-0.2, -0.15) is 0 Å². The van der Waals surface area contributed by atoms with Crippen LogP contribution >= 0.6 is 11.3 Å². The van der Waals surface area contributed by atoms with E-state index >= 15 is 0 Å². The largest absolute Gasteiger partial charge is 0.454 e. The molecule has 0 saturated carbocycles. The van der Waals surface area contributed by atoms with E-state index < -0.39 is 0 Å². The Hall–Kier alpha value is -2.60. The molecule has 5 nitrogen and oxygen atoms in total. The van der Waals surface area contributed by atoms with Crippen molar-refractivity contribution in [1.82, 2.24) is 9.38 Å². The zero-order valence-corrected chi connectivity index (χ0v) is 13.5. The van der Waals surface area contributed by atoms with Gasteiger partial charge in [0.2, 0.25) is 6.79 Å². The number of aryl methyl sites for hydroxylation is 2. The van der Waals surface area contributed by atoms with E-state index in [2.05, 4.69) is 4.98 Å². The van der Waals surface area contributed by atoms with Gasteiger partial charge in [0.25, 0.3) is 0 Å². The van der Waals surface area contributed by atoms with Gasteiger partial charge in [0.1, 0.15) is 0 Å². The molecular formula is C17H14N2O3S. The highest BCUT2D eigenvalue weighted by Gasteiger charge is 2.15. The molecule has 1 aliphatic rings. The summed E-state index contributed by atoms with van der Waals surface area (Å²) in [5, 5.41) is 0. The molecule has 23 heavy (non-hydrogen) atoms. The van der Waals surface area contributed by atoms with E-state index in [0.717, 1.165) is 16.3 Å². The van der Waals surface area contributed by atoms with Gasteiger partial charge < -0.3 is 9.47 Å². The fraction of sp³-hybridized carbons (Fsp3) is 0.176. The van der Waals surface area contributed by atoms with Crippen molar-refractivity contribution < 1.29 is 14.3 Å². The van der Waals surface area contributed by atoms with Crippen LogP contribution in [0, 0.1) is 13.8 Å². The third-order valence-corrected chi connectivity index (χ3v) is 4.61. The summed E-state index contributed by atoms with van der Waals surface area (Å²) in [7, 11) is 0. The van der Waals surface area contributed by atoms with Gasteiger partial charge in [-0.05, 0) is 44.2 Å². The van der Waals surface area contributed by atoms with Gasteiger partial charge in [-0.3, -0.25) is 9.20 Å². The van der Waals surface area contributed by atoms with E-state index in [1.54, 1.807) is 35.6 Å². The number of fused-ring (bicyclic) bond motifs is 2. The van der Waals surface area contributed by atoms with Crippen LogP contribution in [0.1, 0.15) is 26.6 Å². The Bertz CT molecular complexity index is 952. The highest BCUT2D eigenvalue weighted by atomic mass is 32.1. The fourth-order valence-electron chi connectivity index (χ4n) is 2.58. The number of thiazole rings is 1. The summed E-state index contributed by atoms with van der Waals surface area (Å²) < 4.78 is 12.6. The molecule has 0 radical (unpaired) electrons. The Balaban J connectivity index is 1.64. The van der Waals surface area contributed by atoms with Crippen molar-refractivity contribution >= 4 is 28.2 Å². The standard InChI is InChI=1S/C17H14N2O3S/c1-10-8-19-13(11(2)18-17(19)23-10)4-5-14(20)12-3-6-15-16(7-12)22-9-21-15/h3-8H,9H2,1-2H3/b5-4+. The van der Waals surface area contributed by atoms with Gasteiger partial charge >= 0.3 is 0 Å². The molecule has 0 saturated heterocycles. The van der Waals surface area contributed by atoms with Crippen LogP contribution in [0.3, 0.4) is 0 Å². The minimum Gasteiger partial charge on any atom is -0.454 e. The number of carbonyl (C=O) groups is 1. The number of nitrogens with zero attached hydrogens (tertiary/aromatic N) is 2. The second-order valence-corrected chi connectivity index (χ2v) is 6.56. The Morgan fingerprint density at radius 1 is 1.30 bits per heavy atom. The number of benzene rings is 1. The molecule has 0 bridgehead atoms. The van der Waals surface area contributed by atoms with Gasteiger partial charge in [0.05, 0.1) is 11.4 Å². The van der Waals surface area contributed by atoms with Gasteiger partial charge in [-0.1, -0.05) is 0 Å². The molecule has 6 heteroatoms. The normalized spacial score (nSPS) is 13.3. The van der Waals surface area contributed by atoms with E-state index in [4.69, 9.17) is 9.47 Å². The van der Waals surface area contributed by atoms with Crippen LogP contribution in [0.2, 0.25) is 0 Å². The molecule has 1 aromatic carbocycles. The number of rotatable bonds is 3. The first-order valence-corrected chi connectivity index (χ1v) is 8.00. The number of ketones is 1. The number of hydrogen-bond donors (Lipinski definition) is 0. The summed E-state index contributed by atoms with van der Waals surface area (Å²) in [6, 6.07) is 5.21. The predicted octanol–water partition coefficient (Wildman–Crippen LogP) is 3.64. The molecule has 2 aromatic heterocycles. The monoisotopic (exact) mass is 326 g/mol. The van der Waals surface area contributed by atoms with Crippen molar-refractivity contribution in [1.29, 1.82) is 0 Å². The molecule has 0 spiro atoms. The SMILES string of the molecule is Cc1cn2c(/C=C/C(=O)c3ccc4c(c3)OCO4)c(C)nc2s1. The lowest BCUT2D eigenvalue weighted by atomic mass is 10.1. The summed E-state index contributed by atoms with van der Waals surface area (Å²) in [4.78, 5) is 19.0. The number of aromatic nitrogens is 2. The molecule has 1 aliphatic heterocycles. The van der Waals surface area contributed by atoms with E-state index in [1.165, 1.54) is 4.88 Å². The van der Waals surface area contributed by atoms with E-state index in [1.807, 2.05) is 30.5 Å². The topological polar surface area (TPSA) is 52.8 Å². The fourth-order valence-corrected chi connectivity index (χ4v) is 3.46. The minimum atomic E-state index is -0.0791. The maximum Gasteiger partial charge on any atom is 0.231 e. The van der Waals surface area contributed by atoms with Crippen LogP contribution in [0.4, 0.5) is 0 Å².